The largest absolute Gasteiger partial charge is 0.446 e. The van der Waals surface area contributed by atoms with Gasteiger partial charge in [-0.2, -0.15) is 0 Å². The molecule has 3 aromatic rings. The highest BCUT2D eigenvalue weighted by Crippen LogP contribution is 2.36. The summed E-state index contributed by atoms with van der Waals surface area (Å²) in [6.45, 7) is 4.04. The molecule has 0 aromatic heterocycles. The van der Waals surface area contributed by atoms with Crippen LogP contribution >= 0.6 is 0 Å². The lowest BCUT2D eigenvalue weighted by Gasteiger charge is -2.36. The zero-order valence-electron chi connectivity index (χ0n) is 20.4. The van der Waals surface area contributed by atoms with Gasteiger partial charge in [-0.25, -0.2) is 14.5 Å². The number of ether oxygens (including phenoxy) is 2. The lowest BCUT2D eigenvalue weighted by atomic mass is 9.72. The Bertz CT molecular complexity index is 1180. The van der Waals surface area contributed by atoms with Crippen LogP contribution in [0.3, 0.4) is 0 Å². The number of cyclic esters (lactones) is 1. The summed E-state index contributed by atoms with van der Waals surface area (Å²) in [4.78, 5) is 40.4. The fourth-order valence-corrected chi connectivity index (χ4v) is 4.43. The van der Waals surface area contributed by atoms with E-state index in [1.165, 1.54) is 4.90 Å². The fourth-order valence-electron chi connectivity index (χ4n) is 4.43. The van der Waals surface area contributed by atoms with Crippen molar-refractivity contribution in [1.29, 1.82) is 0 Å². The average molecular weight is 487 g/mol. The van der Waals surface area contributed by atoms with Crippen LogP contribution in [0, 0.1) is 5.92 Å². The van der Waals surface area contributed by atoms with Crippen molar-refractivity contribution < 1.29 is 23.9 Å². The first-order chi connectivity index (χ1) is 17.4. The van der Waals surface area contributed by atoms with Crippen LogP contribution in [0.4, 0.5) is 9.59 Å². The molecular weight excluding hydrogens is 456 g/mol. The second-order valence-corrected chi connectivity index (χ2v) is 9.29. The summed E-state index contributed by atoms with van der Waals surface area (Å²) in [5, 5.41) is 2.74. The van der Waals surface area contributed by atoms with Gasteiger partial charge in [0.1, 0.15) is 19.3 Å². The Morgan fingerprint density at radius 2 is 1.56 bits per heavy atom. The predicted molar refractivity (Wildman–Crippen MR) is 135 cm³/mol. The van der Waals surface area contributed by atoms with Crippen LogP contribution in [-0.2, 0) is 26.3 Å². The van der Waals surface area contributed by atoms with E-state index >= 15 is 0 Å². The second-order valence-electron chi connectivity index (χ2n) is 9.29. The lowest BCUT2D eigenvalue weighted by molar-refractivity contribution is -0.135. The van der Waals surface area contributed by atoms with E-state index in [1.807, 2.05) is 105 Å². The van der Waals surface area contributed by atoms with Crippen LogP contribution in [0.5, 0.6) is 0 Å². The van der Waals surface area contributed by atoms with Gasteiger partial charge in [0.15, 0.2) is 0 Å². The number of hydrogen-bond acceptors (Lipinski definition) is 5. The predicted octanol–water partition coefficient (Wildman–Crippen LogP) is 5.23. The van der Waals surface area contributed by atoms with Gasteiger partial charge in [-0.3, -0.25) is 4.79 Å². The molecule has 186 valence electrons. The minimum atomic E-state index is -0.763. The number of nitrogens with zero attached hydrogens (tertiary/aromatic N) is 1. The number of carbonyl (C=O) groups excluding carboxylic acids is 3. The van der Waals surface area contributed by atoms with Crippen molar-refractivity contribution in [3.63, 3.8) is 0 Å². The molecule has 1 aliphatic heterocycles. The van der Waals surface area contributed by atoms with E-state index < -0.39 is 35.5 Å². The number of amides is 3. The Morgan fingerprint density at radius 3 is 2.19 bits per heavy atom. The van der Waals surface area contributed by atoms with Gasteiger partial charge in [-0.05, 0) is 16.7 Å². The topological polar surface area (TPSA) is 84.9 Å². The maximum absolute atomic E-state index is 14.0. The molecule has 4 rings (SSSR count). The van der Waals surface area contributed by atoms with E-state index in [1.54, 1.807) is 0 Å². The number of benzene rings is 3. The van der Waals surface area contributed by atoms with Gasteiger partial charge in [0, 0.05) is 12.0 Å². The normalized spacial score (nSPS) is 16.2. The maximum atomic E-state index is 14.0. The summed E-state index contributed by atoms with van der Waals surface area (Å²) in [7, 11) is 0. The standard InChI is InChI=1S/C29H30N2O5/c1-29(2,23-16-10-5-11-17-23)24(18-30-27(33)35-19-21-12-6-3-7-13-21)26(32)31-25(20-36-28(31)34)22-14-8-4-9-15-22/h3-17,24-25H,18-20H2,1-2H3,(H,30,33)/t24-,25-/m0/s1. The third-order valence-electron chi connectivity index (χ3n) is 6.65. The van der Waals surface area contributed by atoms with E-state index in [2.05, 4.69) is 5.32 Å². The molecule has 1 fully saturated rings. The van der Waals surface area contributed by atoms with Crippen LogP contribution < -0.4 is 5.32 Å². The number of imide groups is 1. The molecule has 7 heteroatoms. The van der Waals surface area contributed by atoms with Gasteiger partial charge in [0.05, 0.1) is 5.92 Å². The van der Waals surface area contributed by atoms with Crippen LogP contribution in [-0.4, -0.2) is 36.1 Å². The highest BCUT2D eigenvalue weighted by atomic mass is 16.6. The first-order valence-corrected chi connectivity index (χ1v) is 11.9. The van der Waals surface area contributed by atoms with Crippen LogP contribution in [0.25, 0.3) is 0 Å². The minimum absolute atomic E-state index is 0.0142. The van der Waals surface area contributed by atoms with Crippen molar-refractivity contribution in [2.75, 3.05) is 13.2 Å². The monoisotopic (exact) mass is 486 g/mol. The Balaban J connectivity index is 1.56. The number of rotatable bonds is 8. The molecule has 7 nitrogen and oxygen atoms in total. The van der Waals surface area contributed by atoms with Gasteiger partial charge in [-0.15, -0.1) is 0 Å². The van der Waals surface area contributed by atoms with E-state index in [0.717, 1.165) is 16.7 Å². The van der Waals surface area contributed by atoms with Crippen molar-refractivity contribution in [2.45, 2.75) is 31.9 Å². The third-order valence-corrected chi connectivity index (χ3v) is 6.65. The van der Waals surface area contributed by atoms with Crippen molar-refractivity contribution in [2.24, 2.45) is 5.92 Å². The molecular formula is C29H30N2O5. The number of alkyl carbamates (subject to hydrolysis) is 1. The van der Waals surface area contributed by atoms with E-state index in [0.29, 0.717) is 0 Å². The number of hydrogen-bond donors (Lipinski definition) is 1. The summed E-state index contributed by atoms with van der Waals surface area (Å²) in [6, 6.07) is 27.7. The summed E-state index contributed by atoms with van der Waals surface area (Å²) < 4.78 is 10.6. The molecule has 0 saturated carbocycles. The highest BCUT2D eigenvalue weighted by molar-refractivity contribution is 5.96. The van der Waals surface area contributed by atoms with Gasteiger partial charge in [0.25, 0.3) is 0 Å². The fraction of sp³-hybridized carbons (Fsp3) is 0.276. The molecule has 3 aromatic carbocycles. The molecule has 2 atom stereocenters. The van der Waals surface area contributed by atoms with Crippen molar-refractivity contribution >= 4 is 18.1 Å². The molecule has 1 aliphatic rings. The quantitative estimate of drug-likeness (QED) is 0.472. The average Bonchev–Trinajstić information content (AvgIpc) is 3.30. The van der Waals surface area contributed by atoms with Gasteiger partial charge in [0.2, 0.25) is 5.91 Å². The smallest absolute Gasteiger partial charge is 0.417 e. The van der Waals surface area contributed by atoms with Crippen molar-refractivity contribution in [3.05, 3.63) is 108 Å². The lowest BCUT2D eigenvalue weighted by Crippen LogP contribution is -2.50. The van der Waals surface area contributed by atoms with Gasteiger partial charge >= 0.3 is 12.2 Å². The molecule has 1 heterocycles. The number of carbonyl (C=O) groups is 3. The molecule has 0 aliphatic carbocycles. The van der Waals surface area contributed by atoms with Crippen LogP contribution in [0.15, 0.2) is 91.0 Å². The van der Waals surface area contributed by atoms with E-state index in [4.69, 9.17) is 9.47 Å². The molecule has 1 N–H and O–H groups in total. The summed E-state index contributed by atoms with van der Waals surface area (Å²) >= 11 is 0. The molecule has 0 radical (unpaired) electrons. The first-order valence-electron chi connectivity index (χ1n) is 11.9. The van der Waals surface area contributed by atoms with Crippen molar-refractivity contribution in [3.8, 4) is 0 Å². The molecule has 1 saturated heterocycles. The summed E-state index contributed by atoms with van der Waals surface area (Å²) in [5.41, 5.74) is 1.86. The van der Waals surface area contributed by atoms with Gasteiger partial charge in [-0.1, -0.05) is 105 Å². The Kier molecular flexibility index (Phi) is 7.68. The minimum Gasteiger partial charge on any atom is -0.446 e. The highest BCUT2D eigenvalue weighted by Gasteiger charge is 2.46. The van der Waals surface area contributed by atoms with Crippen LogP contribution in [0.2, 0.25) is 0 Å². The molecule has 0 spiro atoms. The molecule has 0 unspecified atom stereocenters. The summed E-state index contributed by atoms with van der Waals surface area (Å²) in [6.07, 6.45) is -1.32. The van der Waals surface area contributed by atoms with E-state index in [-0.39, 0.29) is 19.8 Å². The molecule has 36 heavy (non-hydrogen) atoms. The second kappa shape index (κ2) is 11.1. The summed E-state index contributed by atoms with van der Waals surface area (Å²) in [5.74, 6) is -1.18. The number of nitrogens with one attached hydrogen (secondary N) is 1. The molecule has 3 amide bonds. The Hall–Kier alpha value is -4.13. The van der Waals surface area contributed by atoms with Gasteiger partial charge < -0.3 is 14.8 Å². The first kappa shape index (κ1) is 25.0. The maximum Gasteiger partial charge on any atom is 0.417 e. The van der Waals surface area contributed by atoms with Crippen LogP contribution in [0.1, 0.15) is 36.6 Å². The zero-order chi connectivity index (χ0) is 25.5. The SMILES string of the molecule is CC(C)(c1ccccc1)[C@@H](CNC(=O)OCc1ccccc1)C(=O)N1C(=O)OC[C@H]1c1ccccc1. The Morgan fingerprint density at radius 1 is 0.972 bits per heavy atom. The molecule has 0 bridgehead atoms. The Labute approximate surface area is 211 Å². The zero-order valence-corrected chi connectivity index (χ0v) is 20.4. The third kappa shape index (κ3) is 5.57. The van der Waals surface area contributed by atoms with E-state index in [9.17, 15) is 14.4 Å². The van der Waals surface area contributed by atoms with Crippen molar-refractivity contribution in [1.82, 2.24) is 10.2 Å².